The van der Waals surface area contributed by atoms with Crippen molar-refractivity contribution in [3.63, 3.8) is 0 Å². The van der Waals surface area contributed by atoms with Gasteiger partial charge in [-0.3, -0.25) is 4.79 Å². The molecule has 0 saturated carbocycles. The lowest BCUT2D eigenvalue weighted by Crippen LogP contribution is -2.02. The number of Topliss-reactive ketones (excluding diaryl/α,β-unsaturated/α-hetero) is 1. The summed E-state index contributed by atoms with van der Waals surface area (Å²) in [5.41, 5.74) is 2.58. The number of ketones is 1. The number of halogens is 1. The van der Waals surface area contributed by atoms with Crippen LogP contribution in [-0.2, 0) is 0 Å². The highest BCUT2D eigenvalue weighted by atomic mass is 79.9. The van der Waals surface area contributed by atoms with Crippen molar-refractivity contribution in [2.45, 2.75) is 5.16 Å². The maximum Gasteiger partial charge on any atom is 0.173 e. The first kappa shape index (κ1) is 16.6. The number of H-pyrrole nitrogens is 1. The first-order valence-corrected chi connectivity index (χ1v) is 7.49. The number of rotatable bonds is 5. The lowest BCUT2D eigenvalue weighted by atomic mass is 10.1. The van der Waals surface area contributed by atoms with Gasteiger partial charge in [0, 0.05) is 5.56 Å². The molecule has 0 radical (unpaired) electrons. The van der Waals surface area contributed by atoms with E-state index in [-0.39, 0.29) is 22.8 Å². The quantitative estimate of drug-likeness (QED) is 0.535. The largest absolute Gasteiger partial charge is 0.497 e. The van der Waals surface area contributed by atoms with Crippen LogP contribution in [0.4, 0.5) is 0 Å². The molecule has 0 saturated heterocycles. The van der Waals surface area contributed by atoms with Crippen LogP contribution in [0.25, 0.3) is 11.0 Å². The van der Waals surface area contributed by atoms with Crippen molar-refractivity contribution >= 4 is 45.6 Å². The van der Waals surface area contributed by atoms with Gasteiger partial charge in [0.05, 0.1) is 23.9 Å². The molecular formula is C16H15BrN2O2S. The molecule has 0 unspecified atom stereocenters. The number of fused-ring (bicyclic) bond motifs is 1. The molecule has 22 heavy (non-hydrogen) atoms. The Balaban J connectivity index is 0.00000176. The fourth-order valence-corrected chi connectivity index (χ4v) is 2.77. The van der Waals surface area contributed by atoms with E-state index in [1.807, 2.05) is 24.3 Å². The van der Waals surface area contributed by atoms with Gasteiger partial charge in [0.1, 0.15) is 5.75 Å². The molecule has 114 valence electrons. The van der Waals surface area contributed by atoms with Crippen LogP contribution >= 0.6 is 28.7 Å². The van der Waals surface area contributed by atoms with Crippen LogP contribution in [-0.4, -0.2) is 28.6 Å². The standard InChI is InChI=1S/C16H14N2O2S.BrH/c1-20-12-8-6-11(7-9-12)15(19)10-21-16-17-13-4-2-3-5-14(13)18-16;/h2-9H,10H2,1H3,(H,17,18);1H. The van der Waals surface area contributed by atoms with Gasteiger partial charge in [-0.05, 0) is 36.4 Å². The Morgan fingerprint density at radius 1 is 1.18 bits per heavy atom. The van der Waals surface area contributed by atoms with Crippen molar-refractivity contribution in [1.29, 1.82) is 0 Å². The Kier molecular flexibility index (Phi) is 5.63. The number of carbonyl (C=O) groups is 1. The van der Waals surface area contributed by atoms with Gasteiger partial charge < -0.3 is 9.72 Å². The number of nitrogens with one attached hydrogen (secondary N) is 1. The number of methoxy groups -OCH3 is 1. The number of ether oxygens (including phenoxy) is 1. The number of hydrogen-bond acceptors (Lipinski definition) is 4. The molecule has 1 N–H and O–H groups in total. The number of nitrogens with zero attached hydrogens (tertiary/aromatic N) is 1. The van der Waals surface area contributed by atoms with Crippen molar-refractivity contribution in [3.8, 4) is 5.75 Å². The molecule has 0 aliphatic carbocycles. The number of thioether (sulfide) groups is 1. The molecule has 0 amide bonds. The monoisotopic (exact) mass is 378 g/mol. The van der Waals surface area contributed by atoms with E-state index in [1.165, 1.54) is 11.8 Å². The Morgan fingerprint density at radius 3 is 2.59 bits per heavy atom. The van der Waals surface area contributed by atoms with Crippen molar-refractivity contribution in [2.24, 2.45) is 0 Å². The molecule has 2 aromatic carbocycles. The predicted molar refractivity (Wildman–Crippen MR) is 94.5 cm³/mol. The third kappa shape index (κ3) is 3.69. The topological polar surface area (TPSA) is 55.0 Å². The summed E-state index contributed by atoms with van der Waals surface area (Å²) in [6.07, 6.45) is 0. The summed E-state index contributed by atoms with van der Waals surface area (Å²) < 4.78 is 5.08. The SMILES string of the molecule is Br.COc1ccc(C(=O)CSc2nc3ccccc3[nH]2)cc1. The normalized spacial score (nSPS) is 10.2. The summed E-state index contributed by atoms with van der Waals surface area (Å²) in [5.74, 6) is 1.17. The van der Waals surface area contributed by atoms with E-state index in [4.69, 9.17) is 4.74 Å². The van der Waals surface area contributed by atoms with E-state index in [1.54, 1.807) is 31.4 Å². The second-order valence-electron chi connectivity index (χ2n) is 4.50. The average Bonchev–Trinajstić information content (AvgIpc) is 2.95. The van der Waals surface area contributed by atoms with Gasteiger partial charge in [0.2, 0.25) is 0 Å². The van der Waals surface area contributed by atoms with Crippen LogP contribution in [0, 0.1) is 0 Å². The number of hydrogen-bond donors (Lipinski definition) is 1. The lowest BCUT2D eigenvalue weighted by molar-refractivity contribution is 0.102. The highest BCUT2D eigenvalue weighted by Crippen LogP contribution is 2.20. The van der Waals surface area contributed by atoms with Crippen LogP contribution in [0.3, 0.4) is 0 Å². The van der Waals surface area contributed by atoms with Gasteiger partial charge in [-0.15, -0.1) is 17.0 Å². The number of para-hydroxylation sites is 2. The third-order valence-corrected chi connectivity index (χ3v) is 3.99. The van der Waals surface area contributed by atoms with Crippen LogP contribution in [0.15, 0.2) is 53.7 Å². The molecule has 0 bridgehead atoms. The van der Waals surface area contributed by atoms with Crippen molar-refractivity contribution < 1.29 is 9.53 Å². The first-order valence-electron chi connectivity index (χ1n) is 6.51. The number of imidazole rings is 1. The molecule has 3 aromatic rings. The van der Waals surface area contributed by atoms with Crippen molar-refractivity contribution in [1.82, 2.24) is 9.97 Å². The zero-order chi connectivity index (χ0) is 14.7. The average molecular weight is 379 g/mol. The summed E-state index contributed by atoms with van der Waals surface area (Å²) in [5, 5.41) is 0.762. The molecule has 0 aliphatic rings. The van der Waals surface area contributed by atoms with Gasteiger partial charge >= 0.3 is 0 Å². The minimum absolute atomic E-state index is 0. The van der Waals surface area contributed by atoms with E-state index >= 15 is 0 Å². The van der Waals surface area contributed by atoms with Crippen LogP contribution in [0.2, 0.25) is 0 Å². The predicted octanol–water partition coefficient (Wildman–Crippen LogP) is 4.12. The van der Waals surface area contributed by atoms with Gasteiger partial charge in [-0.2, -0.15) is 0 Å². The molecule has 0 spiro atoms. The van der Waals surface area contributed by atoms with E-state index in [9.17, 15) is 4.79 Å². The van der Waals surface area contributed by atoms with E-state index in [0.29, 0.717) is 11.3 Å². The molecule has 1 heterocycles. The minimum atomic E-state index is 0. The van der Waals surface area contributed by atoms with Gasteiger partial charge in [-0.25, -0.2) is 4.98 Å². The van der Waals surface area contributed by atoms with Gasteiger partial charge in [0.15, 0.2) is 10.9 Å². The fraction of sp³-hybridized carbons (Fsp3) is 0.125. The zero-order valence-corrected chi connectivity index (χ0v) is 14.4. The second kappa shape index (κ2) is 7.47. The Hall–Kier alpha value is -1.79. The molecule has 3 rings (SSSR count). The van der Waals surface area contributed by atoms with Crippen LogP contribution < -0.4 is 4.74 Å². The summed E-state index contributed by atoms with van der Waals surface area (Å²) in [6.45, 7) is 0. The smallest absolute Gasteiger partial charge is 0.173 e. The maximum absolute atomic E-state index is 12.1. The van der Waals surface area contributed by atoms with Crippen molar-refractivity contribution in [3.05, 3.63) is 54.1 Å². The number of aromatic nitrogens is 2. The third-order valence-electron chi connectivity index (χ3n) is 3.12. The zero-order valence-electron chi connectivity index (χ0n) is 11.9. The second-order valence-corrected chi connectivity index (χ2v) is 5.46. The number of aromatic amines is 1. The highest BCUT2D eigenvalue weighted by Gasteiger charge is 2.09. The van der Waals surface area contributed by atoms with E-state index in [2.05, 4.69) is 9.97 Å². The molecule has 0 atom stereocenters. The Labute approximate surface area is 143 Å². The Bertz CT molecular complexity index is 738. The maximum atomic E-state index is 12.1. The molecule has 6 heteroatoms. The highest BCUT2D eigenvalue weighted by molar-refractivity contribution is 8.93. The molecule has 4 nitrogen and oxygen atoms in total. The molecule has 1 aromatic heterocycles. The van der Waals surface area contributed by atoms with Crippen molar-refractivity contribution in [2.75, 3.05) is 12.9 Å². The van der Waals surface area contributed by atoms with E-state index < -0.39 is 0 Å². The fourth-order valence-electron chi connectivity index (χ4n) is 1.99. The molecule has 0 fully saturated rings. The summed E-state index contributed by atoms with van der Waals surface area (Å²) in [6, 6.07) is 15.0. The van der Waals surface area contributed by atoms with Gasteiger partial charge in [0.25, 0.3) is 0 Å². The first-order chi connectivity index (χ1) is 10.3. The summed E-state index contributed by atoms with van der Waals surface area (Å²) >= 11 is 1.41. The van der Waals surface area contributed by atoms with Crippen LogP contribution in [0.5, 0.6) is 5.75 Å². The molecule has 0 aliphatic heterocycles. The van der Waals surface area contributed by atoms with Gasteiger partial charge in [-0.1, -0.05) is 23.9 Å². The van der Waals surface area contributed by atoms with Crippen LogP contribution in [0.1, 0.15) is 10.4 Å². The Morgan fingerprint density at radius 2 is 1.91 bits per heavy atom. The summed E-state index contributed by atoms with van der Waals surface area (Å²) in [7, 11) is 1.61. The lowest BCUT2D eigenvalue weighted by Gasteiger charge is -2.02. The molecular weight excluding hydrogens is 364 g/mol. The number of benzene rings is 2. The summed E-state index contributed by atoms with van der Waals surface area (Å²) in [4.78, 5) is 19.8. The minimum Gasteiger partial charge on any atom is -0.497 e. The van der Waals surface area contributed by atoms with E-state index in [0.717, 1.165) is 21.9 Å². The number of carbonyl (C=O) groups excluding carboxylic acids is 1.